The van der Waals surface area contributed by atoms with E-state index in [1.165, 1.54) is 7.11 Å². The van der Waals surface area contributed by atoms with Crippen molar-refractivity contribution < 1.29 is 19.1 Å². The third kappa shape index (κ3) is 3.94. The number of hydrogen-bond acceptors (Lipinski definition) is 5. The molecule has 0 unspecified atom stereocenters. The van der Waals surface area contributed by atoms with Crippen molar-refractivity contribution in [2.45, 2.75) is 9.79 Å². The zero-order valence-electron chi connectivity index (χ0n) is 14.0. The Hall–Kier alpha value is -3.06. The molecule has 1 aliphatic rings. The standard InChI is InChI=1S/C19H16N2O4S/c1-25-17(22)12-21-18(23)15(20-19(21)24)11-13-7-5-6-10-16(13)26-14-8-3-2-4-9-14/h2-11H,12H2,1H3,(H,20,24)/b15-11-. The lowest BCUT2D eigenvalue weighted by atomic mass is 10.2. The minimum Gasteiger partial charge on any atom is -0.468 e. The molecule has 0 atom stereocenters. The predicted molar refractivity (Wildman–Crippen MR) is 97.2 cm³/mol. The van der Waals surface area contributed by atoms with Gasteiger partial charge in [-0.15, -0.1) is 0 Å². The van der Waals surface area contributed by atoms with Gasteiger partial charge in [-0.1, -0.05) is 48.2 Å². The van der Waals surface area contributed by atoms with Crippen molar-refractivity contribution in [1.82, 2.24) is 10.2 Å². The van der Waals surface area contributed by atoms with Gasteiger partial charge in [-0.2, -0.15) is 0 Å². The Kier molecular flexibility index (Phi) is 5.38. The first kappa shape index (κ1) is 17.8. The highest BCUT2D eigenvalue weighted by Gasteiger charge is 2.35. The summed E-state index contributed by atoms with van der Waals surface area (Å²) in [5, 5.41) is 2.50. The Labute approximate surface area is 154 Å². The third-order valence-electron chi connectivity index (χ3n) is 3.67. The van der Waals surface area contributed by atoms with E-state index >= 15 is 0 Å². The van der Waals surface area contributed by atoms with E-state index in [1.807, 2.05) is 54.6 Å². The average molecular weight is 368 g/mol. The van der Waals surface area contributed by atoms with Crippen LogP contribution in [0.2, 0.25) is 0 Å². The van der Waals surface area contributed by atoms with E-state index in [0.29, 0.717) is 0 Å². The van der Waals surface area contributed by atoms with Gasteiger partial charge in [0.15, 0.2) is 0 Å². The third-order valence-corrected chi connectivity index (χ3v) is 4.77. The number of benzene rings is 2. The Morgan fingerprint density at radius 2 is 1.81 bits per heavy atom. The van der Waals surface area contributed by atoms with Crippen LogP contribution < -0.4 is 5.32 Å². The molecule has 0 saturated carbocycles. The van der Waals surface area contributed by atoms with Gasteiger partial charge in [0.2, 0.25) is 0 Å². The molecule has 0 bridgehead atoms. The fraction of sp³-hybridized carbons (Fsp3) is 0.105. The average Bonchev–Trinajstić information content (AvgIpc) is 2.91. The first-order valence-corrected chi connectivity index (χ1v) is 8.63. The lowest BCUT2D eigenvalue weighted by Crippen LogP contribution is -2.36. The highest BCUT2D eigenvalue weighted by atomic mass is 32.2. The van der Waals surface area contributed by atoms with E-state index in [1.54, 1.807) is 17.8 Å². The Morgan fingerprint density at radius 3 is 2.54 bits per heavy atom. The van der Waals surface area contributed by atoms with Crippen LogP contribution in [-0.2, 0) is 14.3 Å². The number of imide groups is 1. The topological polar surface area (TPSA) is 75.7 Å². The van der Waals surface area contributed by atoms with Crippen LogP contribution in [0.15, 0.2) is 70.1 Å². The summed E-state index contributed by atoms with van der Waals surface area (Å²) in [6, 6.07) is 16.8. The van der Waals surface area contributed by atoms with Crippen LogP contribution in [0.5, 0.6) is 0 Å². The molecule has 1 heterocycles. The summed E-state index contributed by atoms with van der Waals surface area (Å²) in [6.45, 7) is -0.418. The normalized spacial score (nSPS) is 15.3. The van der Waals surface area contributed by atoms with Gasteiger partial charge < -0.3 is 10.1 Å². The summed E-state index contributed by atoms with van der Waals surface area (Å²) in [7, 11) is 1.20. The smallest absolute Gasteiger partial charge is 0.329 e. The number of esters is 1. The maximum absolute atomic E-state index is 12.4. The first-order chi connectivity index (χ1) is 12.6. The van der Waals surface area contributed by atoms with Crippen LogP contribution in [0, 0.1) is 0 Å². The van der Waals surface area contributed by atoms with E-state index in [4.69, 9.17) is 0 Å². The van der Waals surface area contributed by atoms with E-state index < -0.39 is 24.5 Å². The fourth-order valence-electron chi connectivity index (χ4n) is 2.37. The van der Waals surface area contributed by atoms with Crippen LogP contribution in [0.4, 0.5) is 4.79 Å². The van der Waals surface area contributed by atoms with Crippen molar-refractivity contribution in [3.8, 4) is 0 Å². The molecule has 0 aliphatic carbocycles. The number of nitrogens with zero attached hydrogens (tertiary/aromatic N) is 1. The Morgan fingerprint density at radius 1 is 1.12 bits per heavy atom. The summed E-state index contributed by atoms with van der Waals surface area (Å²) in [5.74, 6) is -1.21. The second-order valence-electron chi connectivity index (χ2n) is 5.41. The zero-order valence-corrected chi connectivity index (χ0v) is 14.8. The predicted octanol–water partition coefficient (Wildman–Crippen LogP) is 2.90. The number of nitrogens with one attached hydrogen (secondary N) is 1. The van der Waals surface area contributed by atoms with Gasteiger partial charge in [-0.25, -0.2) is 9.69 Å². The monoisotopic (exact) mass is 368 g/mol. The van der Waals surface area contributed by atoms with Crippen molar-refractivity contribution in [2.24, 2.45) is 0 Å². The van der Waals surface area contributed by atoms with Crippen molar-refractivity contribution >= 4 is 35.7 Å². The maximum Gasteiger partial charge on any atom is 0.329 e. The van der Waals surface area contributed by atoms with E-state index in [0.717, 1.165) is 20.3 Å². The number of carbonyl (C=O) groups is 3. The molecule has 132 valence electrons. The number of urea groups is 1. The number of ether oxygens (including phenoxy) is 1. The van der Waals surface area contributed by atoms with Gasteiger partial charge in [0.1, 0.15) is 12.2 Å². The van der Waals surface area contributed by atoms with Crippen LogP contribution in [0.25, 0.3) is 6.08 Å². The van der Waals surface area contributed by atoms with Crippen molar-refractivity contribution in [1.29, 1.82) is 0 Å². The zero-order chi connectivity index (χ0) is 18.5. The minimum atomic E-state index is -0.658. The molecule has 0 radical (unpaired) electrons. The molecule has 2 aromatic carbocycles. The molecule has 1 aliphatic heterocycles. The first-order valence-electron chi connectivity index (χ1n) is 7.82. The minimum absolute atomic E-state index is 0.125. The molecule has 0 spiro atoms. The summed E-state index contributed by atoms with van der Waals surface area (Å²) in [5.41, 5.74) is 0.921. The van der Waals surface area contributed by atoms with Crippen molar-refractivity contribution in [3.05, 3.63) is 65.9 Å². The molecule has 2 aromatic rings. The quantitative estimate of drug-likeness (QED) is 0.499. The molecule has 6 nitrogen and oxygen atoms in total. The molecule has 1 saturated heterocycles. The Bertz CT molecular complexity index is 880. The molecule has 1 fully saturated rings. The highest BCUT2D eigenvalue weighted by molar-refractivity contribution is 7.99. The van der Waals surface area contributed by atoms with Crippen LogP contribution in [0.3, 0.4) is 0 Å². The summed E-state index contributed by atoms with van der Waals surface area (Å²) in [6.07, 6.45) is 1.61. The second kappa shape index (κ2) is 7.88. The molecule has 0 aromatic heterocycles. The number of carbonyl (C=O) groups excluding carboxylic acids is 3. The lowest BCUT2D eigenvalue weighted by Gasteiger charge is -2.09. The van der Waals surface area contributed by atoms with Crippen LogP contribution >= 0.6 is 11.8 Å². The highest BCUT2D eigenvalue weighted by Crippen LogP contribution is 2.31. The van der Waals surface area contributed by atoms with Gasteiger partial charge in [-0.05, 0) is 29.8 Å². The maximum atomic E-state index is 12.4. The molecular formula is C19H16N2O4S. The number of methoxy groups -OCH3 is 1. The van der Waals surface area contributed by atoms with Crippen molar-refractivity contribution in [2.75, 3.05) is 13.7 Å². The molecule has 7 heteroatoms. The molecule has 3 rings (SSSR count). The van der Waals surface area contributed by atoms with Crippen molar-refractivity contribution in [3.63, 3.8) is 0 Å². The number of amides is 3. The van der Waals surface area contributed by atoms with E-state index in [-0.39, 0.29) is 5.70 Å². The van der Waals surface area contributed by atoms with Gasteiger partial charge in [0.25, 0.3) is 5.91 Å². The van der Waals surface area contributed by atoms with Crippen LogP contribution in [-0.4, -0.2) is 36.5 Å². The molecular weight excluding hydrogens is 352 g/mol. The summed E-state index contributed by atoms with van der Waals surface area (Å²) >= 11 is 1.56. The fourth-order valence-corrected chi connectivity index (χ4v) is 3.31. The lowest BCUT2D eigenvalue weighted by molar-refractivity contribution is -0.143. The van der Waals surface area contributed by atoms with Gasteiger partial charge in [0, 0.05) is 9.79 Å². The number of rotatable bonds is 5. The SMILES string of the molecule is COC(=O)CN1C(=O)N/C(=C\c2ccccc2Sc2ccccc2)C1=O. The van der Waals surface area contributed by atoms with Gasteiger partial charge >= 0.3 is 12.0 Å². The molecule has 26 heavy (non-hydrogen) atoms. The molecule has 3 amide bonds. The summed E-state index contributed by atoms with van der Waals surface area (Å²) in [4.78, 5) is 38.5. The largest absolute Gasteiger partial charge is 0.468 e. The van der Waals surface area contributed by atoms with E-state index in [9.17, 15) is 14.4 Å². The number of hydrogen-bond donors (Lipinski definition) is 1. The van der Waals surface area contributed by atoms with Gasteiger partial charge in [0.05, 0.1) is 7.11 Å². The second-order valence-corrected chi connectivity index (χ2v) is 6.52. The van der Waals surface area contributed by atoms with Gasteiger partial charge in [-0.3, -0.25) is 9.59 Å². The summed E-state index contributed by atoms with van der Waals surface area (Å²) < 4.78 is 4.51. The Balaban J connectivity index is 1.85. The van der Waals surface area contributed by atoms with E-state index in [2.05, 4.69) is 10.1 Å². The van der Waals surface area contributed by atoms with Crippen LogP contribution in [0.1, 0.15) is 5.56 Å². The molecule has 1 N–H and O–H groups in total.